The van der Waals surface area contributed by atoms with E-state index < -0.39 is 0 Å². The van der Waals surface area contributed by atoms with Gasteiger partial charge >= 0.3 is 0 Å². The number of halogens is 1. The molecule has 2 heterocycles. The average molecular weight is 403 g/mol. The first-order valence-electron chi connectivity index (χ1n) is 9.72. The number of nitrogens with one attached hydrogen (secondary N) is 1. The first-order chi connectivity index (χ1) is 13.3. The molecular formula is C22H27ClN2O3. The molecule has 2 aromatic rings. The fourth-order valence-corrected chi connectivity index (χ4v) is 3.83. The molecule has 0 radical (unpaired) electrons. The number of benzene rings is 2. The Hall–Kier alpha value is -2.24. The van der Waals surface area contributed by atoms with Crippen LogP contribution in [-0.2, 0) is 6.42 Å². The molecule has 0 spiro atoms. The lowest BCUT2D eigenvalue weighted by Gasteiger charge is -2.32. The van der Waals surface area contributed by atoms with Crippen LogP contribution in [0.3, 0.4) is 0 Å². The van der Waals surface area contributed by atoms with Gasteiger partial charge in [-0.1, -0.05) is 30.3 Å². The third-order valence-corrected chi connectivity index (χ3v) is 5.42. The van der Waals surface area contributed by atoms with Crippen LogP contribution in [0.25, 0.3) is 0 Å². The van der Waals surface area contributed by atoms with Crippen molar-refractivity contribution < 1.29 is 14.3 Å². The molecule has 150 valence electrons. The van der Waals surface area contributed by atoms with E-state index in [4.69, 9.17) is 9.47 Å². The van der Waals surface area contributed by atoms with E-state index in [-0.39, 0.29) is 25.1 Å². The van der Waals surface area contributed by atoms with Gasteiger partial charge in [-0.25, -0.2) is 0 Å². The summed E-state index contributed by atoms with van der Waals surface area (Å²) in [6.45, 7) is 4.00. The number of fused-ring (bicyclic) bond motifs is 1. The Balaban J connectivity index is 0.00000225. The minimum Gasteiger partial charge on any atom is -0.454 e. The second-order valence-electron chi connectivity index (χ2n) is 7.30. The SMILES string of the molecule is Cl.O=C(NCCN1CCC(Cc2ccccc2)CC1)c1ccc2c(c1)OCO2. The molecule has 1 amide bonds. The van der Waals surface area contributed by atoms with Crippen LogP contribution in [0.4, 0.5) is 0 Å². The number of piperidine rings is 1. The van der Waals surface area contributed by atoms with Crippen molar-refractivity contribution in [2.24, 2.45) is 5.92 Å². The van der Waals surface area contributed by atoms with Gasteiger partial charge in [0, 0.05) is 18.7 Å². The Kier molecular flexibility index (Phi) is 7.18. The average Bonchev–Trinajstić information content (AvgIpc) is 3.18. The number of hydrogen-bond donors (Lipinski definition) is 1. The van der Waals surface area contributed by atoms with E-state index in [0.717, 1.165) is 25.6 Å². The molecule has 5 nitrogen and oxygen atoms in total. The molecule has 4 rings (SSSR count). The van der Waals surface area contributed by atoms with Crippen molar-refractivity contribution >= 4 is 18.3 Å². The van der Waals surface area contributed by atoms with Crippen molar-refractivity contribution in [3.05, 3.63) is 59.7 Å². The van der Waals surface area contributed by atoms with Crippen LogP contribution in [0.1, 0.15) is 28.8 Å². The highest BCUT2D eigenvalue weighted by molar-refractivity contribution is 5.94. The van der Waals surface area contributed by atoms with Gasteiger partial charge in [0.15, 0.2) is 11.5 Å². The predicted octanol–water partition coefficient (Wildman–Crippen LogP) is 3.52. The number of amides is 1. The molecule has 1 saturated heterocycles. The molecule has 0 aromatic heterocycles. The number of hydrogen-bond acceptors (Lipinski definition) is 4. The van der Waals surface area contributed by atoms with Gasteiger partial charge in [-0.05, 0) is 62.0 Å². The predicted molar refractivity (Wildman–Crippen MR) is 111 cm³/mol. The number of carbonyl (C=O) groups excluding carboxylic acids is 1. The highest BCUT2D eigenvalue weighted by atomic mass is 35.5. The van der Waals surface area contributed by atoms with Gasteiger partial charge < -0.3 is 19.7 Å². The van der Waals surface area contributed by atoms with E-state index in [2.05, 4.69) is 40.5 Å². The quantitative estimate of drug-likeness (QED) is 0.803. The number of likely N-dealkylation sites (tertiary alicyclic amines) is 1. The zero-order valence-electron chi connectivity index (χ0n) is 15.9. The van der Waals surface area contributed by atoms with Crippen molar-refractivity contribution in [2.45, 2.75) is 19.3 Å². The number of rotatable bonds is 6. The molecule has 28 heavy (non-hydrogen) atoms. The molecule has 0 saturated carbocycles. The maximum Gasteiger partial charge on any atom is 0.251 e. The Labute approximate surface area is 172 Å². The highest BCUT2D eigenvalue weighted by Crippen LogP contribution is 2.32. The maximum absolute atomic E-state index is 12.3. The van der Waals surface area contributed by atoms with Gasteiger partial charge in [0.05, 0.1) is 0 Å². The Morgan fingerprint density at radius 1 is 1.04 bits per heavy atom. The van der Waals surface area contributed by atoms with Crippen molar-refractivity contribution in [3.63, 3.8) is 0 Å². The third-order valence-electron chi connectivity index (χ3n) is 5.42. The fraction of sp³-hybridized carbons (Fsp3) is 0.409. The molecule has 0 atom stereocenters. The van der Waals surface area contributed by atoms with Crippen LogP contribution in [0, 0.1) is 5.92 Å². The molecule has 6 heteroatoms. The summed E-state index contributed by atoms with van der Waals surface area (Å²) >= 11 is 0. The normalized spacial score (nSPS) is 16.4. The van der Waals surface area contributed by atoms with Crippen LogP contribution in [0.15, 0.2) is 48.5 Å². The van der Waals surface area contributed by atoms with Gasteiger partial charge in [0.25, 0.3) is 5.91 Å². The van der Waals surface area contributed by atoms with E-state index in [0.29, 0.717) is 23.6 Å². The zero-order valence-corrected chi connectivity index (χ0v) is 16.7. The number of ether oxygens (including phenoxy) is 2. The van der Waals surface area contributed by atoms with Gasteiger partial charge in [0.2, 0.25) is 6.79 Å². The minimum absolute atomic E-state index is 0. The van der Waals surface area contributed by atoms with E-state index >= 15 is 0 Å². The van der Waals surface area contributed by atoms with Crippen LogP contribution < -0.4 is 14.8 Å². The monoisotopic (exact) mass is 402 g/mol. The van der Waals surface area contributed by atoms with Crippen molar-refractivity contribution in [1.82, 2.24) is 10.2 Å². The summed E-state index contributed by atoms with van der Waals surface area (Å²) in [5, 5.41) is 3.01. The molecule has 2 aromatic carbocycles. The van der Waals surface area contributed by atoms with Crippen LogP contribution >= 0.6 is 12.4 Å². The molecule has 0 bridgehead atoms. The van der Waals surface area contributed by atoms with Crippen LogP contribution in [-0.4, -0.2) is 43.8 Å². The van der Waals surface area contributed by atoms with E-state index in [1.165, 1.54) is 24.8 Å². The molecule has 1 N–H and O–H groups in total. The highest BCUT2D eigenvalue weighted by Gasteiger charge is 2.20. The summed E-state index contributed by atoms with van der Waals surface area (Å²) in [7, 11) is 0. The summed E-state index contributed by atoms with van der Waals surface area (Å²) in [5.41, 5.74) is 2.05. The van der Waals surface area contributed by atoms with Gasteiger partial charge in [-0.15, -0.1) is 12.4 Å². The maximum atomic E-state index is 12.3. The summed E-state index contributed by atoms with van der Waals surface area (Å²) in [5.74, 6) is 2.05. The second-order valence-corrected chi connectivity index (χ2v) is 7.30. The molecule has 0 aliphatic carbocycles. The number of nitrogens with zero attached hydrogens (tertiary/aromatic N) is 1. The lowest BCUT2D eigenvalue weighted by molar-refractivity contribution is 0.0943. The molecule has 0 unspecified atom stereocenters. The summed E-state index contributed by atoms with van der Waals surface area (Å²) in [6, 6.07) is 16.1. The minimum atomic E-state index is -0.0627. The summed E-state index contributed by atoms with van der Waals surface area (Å²) in [4.78, 5) is 14.8. The van der Waals surface area contributed by atoms with Crippen molar-refractivity contribution in [1.29, 1.82) is 0 Å². The number of carbonyl (C=O) groups is 1. The molecule has 1 fully saturated rings. The summed E-state index contributed by atoms with van der Waals surface area (Å²) in [6.07, 6.45) is 3.63. The molecule has 2 aliphatic rings. The third kappa shape index (κ3) is 5.18. The molecular weight excluding hydrogens is 376 g/mol. The first kappa shape index (κ1) is 20.5. The topological polar surface area (TPSA) is 50.8 Å². The van der Waals surface area contributed by atoms with Gasteiger partial charge in [-0.3, -0.25) is 4.79 Å². The van der Waals surface area contributed by atoms with E-state index in [1.54, 1.807) is 18.2 Å². The van der Waals surface area contributed by atoms with E-state index in [1.807, 2.05) is 0 Å². The lowest BCUT2D eigenvalue weighted by Crippen LogP contribution is -2.39. The van der Waals surface area contributed by atoms with Crippen molar-refractivity contribution in [2.75, 3.05) is 33.0 Å². The van der Waals surface area contributed by atoms with Gasteiger partial charge in [0.1, 0.15) is 0 Å². The second kappa shape index (κ2) is 9.80. The largest absolute Gasteiger partial charge is 0.454 e. The fourth-order valence-electron chi connectivity index (χ4n) is 3.83. The van der Waals surface area contributed by atoms with Crippen molar-refractivity contribution in [3.8, 4) is 11.5 Å². The molecule has 2 aliphatic heterocycles. The lowest BCUT2D eigenvalue weighted by atomic mass is 9.90. The standard InChI is InChI=1S/C22H26N2O3.ClH/c25-22(19-6-7-20-21(15-19)27-16-26-20)23-10-13-24-11-8-18(9-12-24)14-17-4-2-1-3-5-17;/h1-7,15,18H,8-14,16H2,(H,23,25);1H. The smallest absolute Gasteiger partial charge is 0.251 e. The zero-order chi connectivity index (χ0) is 18.5. The van der Waals surface area contributed by atoms with Crippen LogP contribution in [0.5, 0.6) is 11.5 Å². The Morgan fingerprint density at radius 3 is 2.57 bits per heavy atom. The Bertz CT molecular complexity index is 777. The Morgan fingerprint density at radius 2 is 1.79 bits per heavy atom. The van der Waals surface area contributed by atoms with E-state index in [9.17, 15) is 4.79 Å². The summed E-state index contributed by atoms with van der Waals surface area (Å²) < 4.78 is 10.6. The van der Waals surface area contributed by atoms with Crippen LogP contribution in [0.2, 0.25) is 0 Å². The first-order valence-corrected chi connectivity index (χ1v) is 9.72. The van der Waals surface area contributed by atoms with Gasteiger partial charge in [-0.2, -0.15) is 0 Å².